The van der Waals surface area contributed by atoms with Gasteiger partial charge in [-0.15, -0.1) is 0 Å². The molecule has 0 radical (unpaired) electrons. The number of rotatable bonds is 4. The minimum Gasteiger partial charge on any atom is -0.351 e. The van der Waals surface area contributed by atoms with Crippen molar-refractivity contribution >= 4 is 0 Å². The van der Waals surface area contributed by atoms with E-state index in [0.717, 1.165) is 5.69 Å². The summed E-state index contributed by atoms with van der Waals surface area (Å²) in [6, 6.07) is 3.24. The molecule has 1 unspecified atom stereocenters. The molecule has 1 heterocycles. The van der Waals surface area contributed by atoms with Gasteiger partial charge in [-0.2, -0.15) is 13.2 Å². The molecule has 0 aromatic carbocycles. The standard InChI is InChI=1S/C9H13F3N2O/c1-7(13)8-3-2-4-14(8)6-15-5-9(10,11)12/h2-4,7H,5-6,13H2,1H3. The molecule has 1 aromatic rings. The highest BCUT2D eigenvalue weighted by Gasteiger charge is 2.27. The third-order valence-electron chi connectivity index (χ3n) is 1.83. The van der Waals surface area contributed by atoms with Gasteiger partial charge in [0.1, 0.15) is 13.3 Å². The van der Waals surface area contributed by atoms with E-state index in [9.17, 15) is 13.2 Å². The van der Waals surface area contributed by atoms with Crippen LogP contribution in [0.2, 0.25) is 0 Å². The number of alkyl halides is 3. The maximum absolute atomic E-state index is 11.8. The van der Waals surface area contributed by atoms with Gasteiger partial charge in [0.25, 0.3) is 0 Å². The average molecular weight is 222 g/mol. The third-order valence-corrected chi connectivity index (χ3v) is 1.83. The van der Waals surface area contributed by atoms with Crippen molar-refractivity contribution in [2.24, 2.45) is 5.73 Å². The van der Waals surface area contributed by atoms with Gasteiger partial charge in [0.05, 0.1) is 0 Å². The number of hydrogen-bond donors (Lipinski definition) is 1. The predicted octanol–water partition coefficient (Wildman–Crippen LogP) is 2.04. The van der Waals surface area contributed by atoms with Gasteiger partial charge in [-0.05, 0) is 19.1 Å². The Labute approximate surface area is 85.6 Å². The first-order valence-electron chi connectivity index (χ1n) is 4.45. The molecule has 0 aliphatic rings. The van der Waals surface area contributed by atoms with Gasteiger partial charge >= 0.3 is 6.18 Å². The zero-order chi connectivity index (χ0) is 11.5. The predicted molar refractivity (Wildman–Crippen MR) is 49.0 cm³/mol. The fourth-order valence-corrected chi connectivity index (χ4v) is 1.22. The van der Waals surface area contributed by atoms with Crippen molar-refractivity contribution in [3.63, 3.8) is 0 Å². The molecule has 86 valence electrons. The van der Waals surface area contributed by atoms with Crippen molar-refractivity contribution in [2.75, 3.05) is 6.61 Å². The van der Waals surface area contributed by atoms with E-state index in [1.807, 2.05) is 0 Å². The SMILES string of the molecule is CC(N)c1cccn1COCC(F)(F)F. The lowest BCUT2D eigenvalue weighted by atomic mass is 10.2. The Morgan fingerprint density at radius 3 is 2.73 bits per heavy atom. The number of aromatic nitrogens is 1. The molecule has 2 N–H and O–H groups in total. The number of halogens is 3. The smallest absolute Gasteiger partial charge is 0.351 e. The number of ether oxygens (including phenoxy) is 1. The highest BCUT2D eigenvalue weighted by Crippen LogP contribution is 2.16. The van der Waals surface area contributed by atoms with Gasteiger partial charge < -0.3 is 15.0 Å². The van der Waals surface area contributed by atoms with Crippen molar-refractivity contribution in [1.29, 1.82) is 0 Å². The van der Waals surface area contributed by atoms with Gasteiger partial charge in [-0.3, -0.25) is 0 Å². The largest absolute Gasteiger partial charge is 0.411 e. The fraction of sp³-hybridized carbons (Fsp3) is 0.556. The van der Waals surface area contributed by atoms with Crippen LogP contribution in [-0.4, -0.2) is 17.4 Å². The Hall–Kier alpha value is -1.01. The number of hydrogen-bond acceptors (Lipinski definition) is 2. The van der Waals surface area contributed by atoms with Crippen LogP contribution in [0.1, 0.15) is 18.7 Å². The Balaban J connectivity index is 2.47. The molecule has 1 atom stereocenters. The molecule has 0 amide bonds. The Bertz CT molecular complexity index is 307. The van der Waals surface area contributed by atoms with Crippen molar-refractivity contribution in [1.82, 2.24) is 4.57 Å². The first-order valence-corrected chi connectivity index (χ1v) is 4.45. The lowest BCUT2D eigenvalue weighted by Crippen LogP contribution is -2.20. The average Bonchev–Trinajstić information content (AvgIpc) is 2.49. The van der Waals surface area contributed by atoms with Crippen molar-refractivity contribution in [3.8, 4) is 0 Å². The Kier molecular flexibility index (Phi) is 3.76. The van der Waals surface area contributed by atoms with E-state index in [1.54, 1.807) is 29.8 Å². The molecule has 0 saturated heterocycles. The summed E-state index contributed by atoms with van der Waals surface area (Å²) in [7, 11) is 0. The summed E-state index contributed by atoms with van der Waals surface area (Å²) in [5, 5.41) is 0. The summed E-state index contributed by atoms with van der Waals surface area (Å²) in [5.41, 5.74) is 6.37. The van der Waals surface area contributed by atoms with Crippen LogP contribution in [0.15, 0.2) is 18.3 Å². The zero-order valence-electron chi connectivity index (χ0n) is 8.29. The first kappa shape index (κ1) is 12.1. The van der Waals surface area contributed by atoms with Crippen molar-refractivity contribution in [2.45, 2.75) is 25.9 Å². The summed E-state index contributed by atoms with van der Waals surface area (Å²) in [4.78, 5) is 0. The Morgan fingerprint density at radius 1 is 1.53 bits per heavy atom. The van der Waals surface area contributed by atoms with Crippen LogP contribution in [0.3, 0.4) is 0 Å². The van der Waals surface area contributed by atoms with Gasteiger partial charge in [0.15, 0.2) is 0 Å². The molecule has 1 rings (SSSR count). The molecule has 1 aromatic heterocycles. The third kappa shape index (κ3) is 3.93. The van der Waals surface area contributed by atoms with E-state index in [2.05, 4.69) is 4.74 Å². The molecule has 0 fully saturated rings. The molecule has 0 bridgehead atoms. The summed E-state index contributed by atoms with van der Waals surface area (Å²) < 4.78 is 41.4. The van der Waals surface area contributed by atoms with Crippen LogP contribution < -0.4 is 5.73 Å². The monoisotopic (exact) mass is 222 g/mol. The second-order valence-electron chi connectivity index (χ2n) is 3.28. The lowest BCUT2D eigenvalue weighted by Gasteiger charge is -2.13. The minimum atomic E-state index is -4.29. The Morgan fingerprint density at radius 2 is 2.20 bits per heavy atom. The van der Waals surface area contributed by atoms with Gasteiger partial charge in [0, 0.05) is 17.9 Å². The summed E-state index contributed by atoms with van der Waals surface area (Å²) in [6.45, 7) is 0.378. The molecule has 6 heteroatoms. The van der Waals surface area contributed by atoms with Gasteiger partial charge in [-0.1, -0.05) is 0 Å². The van der Waals surface area contributed by atoms with Crippen LogP contribution in [0.4, 0.5) is 13.2 Å². The van der Waals surface area contributed by atoms with Crippen molar-refractivity contribution < 1.29 is 17.9 Å². The van der Waals surface area contributed by atoms with Crippen LogP contribution in [-0.2, 0) is 11.5 Å². The maximum atomic E-state index is 11.8. The topological polar surface area (TPSA) is 40.2 Å². The highest BCUT2D eigenvalue weighted by atomic mass is 19.4. The van der Waals surface area contributed by atoms with Crippen molar-refractivity contribution in [3.05, 3.63) is 24.0 Å². The summed E-state index contributed by atoms with van der Waals surface area (Å²) in [6.07, 6.45) is -2.66. The van der Waals surface area contributed by atoms with Gasteiger partial charge in [-0.25, -0.2) is 0 Å². The van der Waals surface area contributed by atoms with E-state index in [4.69, 9.17) is 5.73 Å². The van der Waals surface area contributed by atoms with E-state index in [-0.39, 0.29) is 12.8 Å². The second-order valence-corrected chi connectivity index (χ2v) is 3.28. The van der Waals surface area contributed by atoms with Gasteiger partial charge in [0.2, 0.25) is 0 Å². The molecule has 0 saturated carbocycles. The quantitative estimate of drug-likeness (QED) is 0.846. The maximum Gasteiger partial charge on any atom is 0.411 e. The molecule has 0 aliphatic carbocycles. The van der Waals surface area contributed by atoms with Crippen LogP contribution >= 0.6 is 0 Å². The zero-order valence-corrected chi connectivity index (χ0v) is 8.29. The van der Waals surface area contributed by atoms with Crippen LogP contribution in [0.5, 0.6) is 0 Å². The normalized spacial score (nSPS) is 14.2. The highest BCUT2D eigenvalue weighted by molar-refractivity contribution is 5.10. The molecule has 15 heavy (non-hydrogen) atoms. The number of nitrogens with zero attached hydrogens (tertiary/aromatic N) is 1. The number of nitrogens with two attached hydrogens (primary N) is 1. The van der Waals surface area contributed by atoms with E-state index in [1.165, 1.54) is 0 Å². The molecular weight excluding hydrogens is 209 g/mol. The minimum absolute atomic E-state index is 0.136. The molecule has 0 aliphatic heterocycles. The lowest BCUT2D eigenvalue weighted by molar-refractivity contribution is -0.182. The fourth-order valence-electron chi connectivity index (χ4n) is 1.22. The first-order chi connectivity index (χ1) is 6.90. The molecular formula is C9H13F3N2O. The van der Waals surface area contributed by atoms with E-state index < -0.39 is 12.8 Å². The summed E-state index contributed by atoms with van der Waals surface area (Å²) in [5.74, 6) is 0. The summed E-state index contributed by atoms with van der Waals surface area (Å²) >= 11 is 0. The second kappa shape index (κ2) is 4.67. The van der Waals surface area contributed by atoms with Crippen LogP contribution in [0, 0.1) is 0 Å². The van der Waals surface area contributed by atoms with Crippen LogP contribution in [0.25, 0.3) is 0 Å². The van der Waals surface area contributed by atoms with E-state index >= 15 is 0 Å². The van der Waals surface area contributed by atoms with E-state index in [0.29, 0.717) is 0 Å². The molecule has 3 nitrogen and oxygen atoms in total. The molecule has 0 spiro atoms.